The van der Waals surface area contributed by atoms with Gasteiger partial charge < -0.3 is 14.8 Å². The van der Waals surface area contributed by atoms with Gasteiger partial charge in [-0.1, -0.05) is 18.2 Å². The van der Waals surface area contributed by atoms with Gasteiger partial charge in [0.2, 0.25) is 5.91 Å². The lowest BCUT2D eigenvalue weighted by atomic mass is 10.1. The van der Waals surface area contributed by atoms with Crippen molar-refractivity contribution in [1.82, 2.24) is 5.32 Å². The molecule has 0 atom stereocenters. The highest BCUT2D eigenvalue weighted by Crippen LogP contribution is 2.24. The molecule has 2 aromatic rings. The third-order valence-corrected chi connectivity index (χ3v) is 3.51. The zero-order chi connectivity index (χ0) is 16.7. The predicted molar refractivity (Wildman–Crippen MR) is 86.4 cm³/mol. The Kier molecular flexibility index (Phi) is 5.97. The van der Waals surface area contributed by atoms with Gasteiger partial charge in [-0.2, -0.15) is 0 Å². The molecule has 0 aliphatic carbocycles. The van der Waals surface area contributed by atoms with Crippen LogP contribution in [0.5, 0.6) is 11.5 Å². The Labute approximate surface area is 135 Å². The van der Waals surface area contributed by atoms with E-state index in [1.807, 2.05) is 0 Å². The molecule has 0 saturated carbocycles. The molecule has 0 aliphatic rings. The molecule has 0 saturated heterocycles. The Bertz CT molecular complexity index is 673. The second kappa shape index (κ2) is 8.17. The maximum absolute atomic E-state index is 13.5. The fourth-order valence-electron chi connectivity index (χ4n) is 2.29. The Balaban J connectivity index is 1.91. The first-order valence-electron chi connectivity index (χ1n) is 7.35. The third kappa shape index (κ3) is 4.71. The van der Waals surface area contributed by atoms with Gasteiger partial charge in [-0.15, -0.1) is 0 Å². The Morgan fingerprint density at radius 1 is 1.09 bits per heavy atom. The van der Waals surface area contributed by atoms with E-state index in [-0.39, 0.29) is 18.1 Å². The van der Waals surface area contributed by atoms with Gasteiger partial charge in [-0.05, 0) is 36.2 Å². The summed E-state index contributed by atoms with van der Waals surface area (Å²) in [6.07, 6.45) is 0.630. The highest BCUT2D eigenvalue weighted by molar-refractivity contribution is 5.79. The first-order chi connectivity index (χ1) is 11.1. The van der Waals surface area contributed by atoms with E-state index in [0.29, 0.717) is 30.0 Å². The molecule has 1 N–H and O–H groups in total. The summed E-state index contributed by atoms with van der Waals surface area (Å²) in [5.74, 6) is 0.902. The van der Waals surface area contributed by atoms with Crippen LogP contribution in [0.1, 0.15) is 11.1 Å². The van der Waals surface area contributed by atoms with Gasteiger partial charge in [0.25, 0.3) is 0 Å². The third-order valence-electron chi connectivity index (χ3n) is 3.51. The molecule has 2 rings (SSSR count). The lowest BCUT2D eigenvalue weighted by Gasteiger charge is -2.11. The van der Waals surface area contributed by atoms with E-state index >= 15 is 0 Å². The van der Waals surface area contributed by atoms with Crippen LogP contribution in [0.2, 0.25) is 0 Å². The van der Waals surface area contributed by atoms with Crippen LogP contribution in [-0.4, -0.2) is 26.7 Å². The molecule has 23 heavy (non-hydrogen) atoms. The number of ether oxygens (including phenoxy) is 2. The van der Waals surface area contributed by atoms with E-state index < -0.39 is 0 Å². The van der Waals surface area contributed by atoms with Crippen LogP contribution in [0.4, 0.5) is 4.39 Å². The summed E-state index contributed by atoms with van der Waals surface area (Å²) in [5, 5.41) is 2.79. The minimum absolute atomic E-state index is 0.145. The van der Waals surface area contributed by atoms with Gasteiger partial charge in [0.05, 0.1) is 20.6 Å². The van der Waals surface area contributed by atoms with E-state index in [4.69, 9.17) is 9.47 Å². The topological polar surface area (TPSA) is 47.6 Å². The van der Waals surface area contributed by atoms with Crippen molar-refractivity contribution in [3.05, 3.63) is 59.4 Å². The van der Waals surface area contributed by atoms with Gasteiger partial charge in [-0.3, -0.25) is 4.79 Å². The largest absolute Gasteiger partial charge is 0.497 e. The minimum atomic E-state index is -0.254. The zero-order valence-corrected chi connectivity index (χ0v) is 13.3. The number of carbonyl (C=O) groups excluding carboxylic acids is 1. The van der Waals surface area contributed by atoms with Crippen LogP contribution in [-0.2, 0) is 17.6 Å². The molecule has 0 bridgehead atoms. The molecule has 4 nitrogen and oxygen atoms in total. The van der Waals surface area contributed by atoms with E-state index in [2.05, 4.69) is 5.32 Å². The first kappa shape index (κ1) is 16.8. The molecule has 2 aromatic carbocycles. The molecular formula is C18H20FNO3. The van der Waals surface area contributed by atoms with Gasteiger partial charge in [0.15, 0.2) is 0 Å². The molecule has 122 valence electrons. The number of halogens is 1. The molecule has 1 amide bonds. The van der Waals surface area contributed by atoms with Gasteiger partial charge >= 0.3 is 0 Å². The van der Waals surface area contributed by atoms with Crippen LogP contribution in [0, 0.1) is 5.82 Å². The normalized spacial score (nSPS) is 10.2. The molecule has 0 aliphatic heterocycles. The second-order valence-electron chi connectivity index (χ2n) is 5.05. The van der Waals surface area contributed by atoms with E-state index in [1.165, 1.54) is 6.07 Å². The summed E-state index contributed by atoms with van der Waals surface area (Å²) < 4.78 is 23.9. The summed E-state index contributed by atoms with van der Waals surface area (Å²) in [5.41, 5.74) is 1.34. The van der Waals surface area contributed by atoms with Crippen molar-refractivity contribution < 1.29 is 18.7 Å². The first-order valence-corrected chi connectivity index (χ1v) is 7.35. The van der Waals surface area contributed by atoms with Crippen LogP contribution in [0.15, 0.2) is 42.5 Å². The average molecular weight is 317 g/mol. The van der Waals surface area contributed by atoms with Gasteiger partial charge in [0, 0.05) is 12.1 Å². The van der Waals surface area contributed by atoms with Crippen molar-refractivity contribution in [2.45, 2.75) is 12.8 Å². The highest BCUT2D eigenvalue weighted by atomic mass is 19.1. The number of nitrogens with one attached hydrogen (secondary N) is 1. The van der Waals surface area contributed by atoms with E-state index in [9.17, 15) is 9.18 Å². The Hall–Kier alpha value is -2.56. The maximum Gasteiger partial charge on any atom is 0.224 e. The lowest BCUT2D eigenvalue weighted by molar-refractivity contribution is -0.120. The standard InChI is InChI=1S/C18H20FNO3/c1-22-15-7-8-17(23-2)14(11-15)12-18(21)20-10-9-13-5-3-4-6-16(13)19/h3-8,11H,9-10,12H2,1-2H3,(H,20,21). The Morgan fingerprint density at radius 3 is 2.57 bits per heavy atom. The van der Waals surface area contributed by atoms with Crippen molar-refractivity contribution in [2.24, 2.45) is 0 Å². The quantitative estimate of drug-likeness (QED) is 0.854. The number of benzene rings is 2. The summed E-state index contributed by atoms with van der Waals surface area (Å²) >= 11 is 0. The fraction of sp³-hybridized carbons (Fsp3) is 0.278. The van der Waals surface area contributed by atoms with Gasteiger partial charge in [0.1, 0.15) is 17.3 Å². The number of amides is 1. The van der Waals surface area contributed by atoms with Crippen LogP contribution >= 0.6 is 0 Å². The number of hydrogen-bond donors (Lipinski definition) is 1. The van der Waals surface area contributed by atoms with E-state index in [1.54, 1.807) is 50.6 Å². The highest BCUT2D eigenvalue weighted by Gasteiger charge is 2.10. The number of carbonyl (C=O) groups is 1. The number of methoxy groups -OCH3 is 2. The molecule has 0 spiro atoms. The second-order valence-corrected chi connectivity index (χ2v) is 5.05. The van der Waals surface area contributed by atoms with Crippen LogP contribution < -0.4 is 14.8 Å². The van der Waals surface area contributed by atoms with Crippen molar-refractivity contribution >= 4 is 5.91 Å². The summed E-state index contributed by atoms with van der Waals surface area (Å²) in [6.45, 7) is 0.381. The van der Waals surface area contributed by atoms with Crippen molar-refractivity contribution in [3.63, 3.8) is 0 Å². The lowest BCUT2D eigenvalue weighted by Crippen LogP contribution is -2.27. The minimum Gasteiger partial charge on any atom is -0.497 e. The number of hydrogen-bond acceptors (Lipinski definition) is 3. The molecule has 0 aromatic heterocycles. The maximum atomic E-state index is 13.5. The molecule has 0 heterocycles. The molecule has 0 radical (unpaired) electrons. The van der Waals surface area contributed by atoms with Crippen molar-refractivity contribution in [1.29, 1.82) is 0 Å². The molecular weight excluding hydrogens is 297 g/mol. The smallest absolute Gasteiger partial charge is 0.224 e. The van der Waals surface area contributed by atoms with Crippen molar-refractivity contribution in [2.75, 3.05) is 20.8 Å². The average Bonchev–Trinajstić information content (AvgIpc) is 2.56. The fourth-order valence-corrected chi connectivity index (χ4v) is 2.29. The van der Waals surface area contributed by atoms with E-state index in [0.717, 1.165) is 5.56 Å². The molecule has 0 fully saturated rings. The number of rotatable bonds is 7. The van der Waals surface area contributed by atoms with Crippen molar-refractivity contribution in [3.8, 4) is 11.5 Å². The summed E-state index contributed by atoms with van der Waals surface area (Å²) in [7, 11) is 3.13. The van der Waals surface area contributed by atoms with Crippen LogP contribution in [0.3, 0.4) is 0 Å². The van der Waals surface area contributed by atoms with Gasteiger partial charge in [-0.25, -0.2) is 4.39 Å². The zero-order valence-electron chi connectivity index (χ0n) is 13.3. The Morgan fingerprint density at radius 2 is 1.87 bits per heavy atom. The molecule has 0 unspecified atom stereocenters. The predicted octanol–water partition coefficient (Wildman–Crippen LogP) is 2.74. The summed E-state index contributed by atoms with van der Waals surface area (Å²) in [6, 6.07) is 11.9. The SMILES string of the molecule is COc1ccc(OC)c(CC(=O)NCCc2ccccc2F)c1. The monoisotopic (exact) mass is 317 g/mol. The molecule has 5 heteroatoms. The summed E-state index contributed by atoms with van der Waals surface area (Å²) in [4.78, 5) is 12.1. The van der Waals surface area contributed by atoms with Crippen LogP contribution in [0.25, 0.3) is 0 Å².